The zero-order valence-corrected chi connectivity index (χ0v) is 15.4. The lowest BCUT2D eigenvalue weighted by Crippen LogP contribution is -2.53. The maximum absolute atomic E-state index is 11.5. The van der Waals surface area contributed by atoms with Gasteiger partial charge in [0.2, 0.25) is 0 Å². The van der Waals surface area contributed by atoms with E-state index in [1.165, 1.54) is 12.0 Å². The largest absolute Gasteiger partial charge is 0.396 e. The average molecular weight is 332 g/mol. The van der Waals surface area contributed by atoms with Crippen molar-refractivity contribution < 1.29 is 9.90 Å². The third-order valence-electron chi connectivity index (χ3n) is 4.88. The van der Waals surface area contributed by atoms with Crippen LogP contribution >= 0.6 is 0 Å². The molecule has 0 saturated carbocycles. The van der Waals surface area contributed by atoms with Gasteiger partial charge in [-0.25, -0.2) is 0 Å². The average Bonchev–Trinajstić information content (AvgIpc) is 2.54. The van der Waals surface area contributed by atoms with Gasteiger partial charge >= 0.3 is 0 Å². The molecular weight excluding hydrogens is 300 g/mol. The van der Waals surface area contributed by atoms with Crippen LogP contribution in [0, 0.1) is 5.92 Å². The molecule has 1 N–H and O–H groups in total. The second kappa shape index (κ2) is 9.30. The van der Waals surface area contributed by atoms with Crippen LogP contribution in [0.2, 0.25) is 0 Å². The van der Waals surface area contributed by atoms with E-state index in [0.717, 1.165) is 44.7 Å². The Labute approximate surface area is 146 Å². The molecule has 0 bridgehead atoms. The summed E-state index contributed by atoms with van der Waals surface area (Å²) in [6.45, 7) is 11.5. The number of nitrogens with zero attached hydrogens (tertiary/aromatic N) is 2. The lowest BCUT2D eigenvalue weighted by molar-refractivity contribution is 0.0524. The lowest BCUT2D eigenvalue weighted by Gasteiger charge is -2.41. The SMILES string of the molecule is CC(=O)c1cccc(CN2CCN(CCC(C)C)[C@H](CCO)C2)c1. The molecule has 4 heteroatoms. The number of ketones is 1. The van der Waals surface area contributed by atoms with Gasteiger partial charge in [0.1, 0.15) is 0 Å². The zero-order valence-electron chi connectivity index (χ0n) is 15.4. The van der Waals surface area contributed by atoms with Crippen LogP contribution in [-0.4, -0.2) is 59.5 Å². The topological polar surface area (TPSA) is 43.8 Å². The van der Waals surface area contributed by atoms with E-state index >= 15 is 0 Å². The number of hydrogen-bond acceptors (Lipinski definition) is 4. The molecule has 1 fully saturated rings. The molecule has 2 rings (SSSR count). The number of carbonyl (C=O) groups is 1. The van der Waals surface area contributed by atoms with Crippen LogP contribution in [0.4, 0.5) is 0 Å². The molecule has 0 spiro atoms. The molecule has 0 radical (unpaired) electrons. The maximum Gasteiger partial charge on any atom is 0.159 e. The Kier molecular flexibility index (Phi) is 7.40. The minimum atomic E-state index is 0.119. The summed E-state index contributed by atoms with van der Waals surface area (Å²) in [7, 11) is 0. The first-order chi connectivity index (χ1) is 11.5. The second-order valence-electron chi connectivity index (χ2n) is 7.38. The zero-order chi connectivity index (χ0) is 17.5. The highest BCUT2D eigenvalue weighted by Gasteiger charge is 2.26. The highest BCUT2D eigenvalue weighted by Crippen LogP contribution is 2.18. The van der Waals surface area contributed by atoms with Crippen molar-refractivity contribution in [3.05, 3.63) is 35.4 Å². The van der Waals surface area contributed by atoms with Crippen LogP contribution < -0.4 is 0 Å². The molecule has 1 heterocycles. The van der Waals surface area contributed by atoms with Crippen molar-refractivity contribution in [1.29, 1.82) is 0 Å². The minimum Gasteiger partial charge on any atom is -0.396 e. The maximum atomic E-state index is 11.5. The molecule has 0 aromatic heterocycles. The summed E-state index contributed by atoms with van der Waals surface area (Å²) in [5.74, 6) is 0.834. The minimum absolute atomic E-state index is 0.119. The summed E-state index contributed by atoms with van der Waals surface area (Å²) in [6.07, 6.45) is 2.05. The van der Waals surface area contributed by atoms with Gasteiger partial charge in [0.05, 0.1) is 0 Å². The number of aliphatic hydroxyl groups is 1. The molecule has 0 aliphatic carbocycles. The van der Waals surface area contributed by atoms with Crippen LogP contribution in [-0.2, 0) is 6.54 Å². The monoisotopic (exact) mass is 332 g/mol. The van der Waals surface area contributed by atoms with Gasteiger partial charge in [0.15, 0.2) is 5.78 Å². The molecule has 4 nitrogen and oxygen atoms in total. The van der Waals surface area contributed by atoms with Crippen LogP contribution in [0.1, 0.15) is 49.5 Å². The Bertz CT molecular complexity index is 530. The van der Waals surface area contributed by atoms with Crippen molar-refractivity contribution in [2.75, 3.05) is 32.8 Å². The van der Waals surface area contributed by atoms with Crippen molar-refractivity contribution in [3.8, 4) is 0 Å². The third-order valence-corrected chi connectivity index (χ3v) is 4.88. The standard InChI is InChI=1S/C20H32N2O2/c1-16(2)7-9-22-11-10-21(15-20(22)8-12-23)14-18-5-4-6-19(13-18)17(3)24/h4-6,13,16,20,23H,7-12,14-15H2,1-3H3/t20-/m1/s1. The van der Waals surface area contributed by atoms with E-state index in [9.17, 15) is 9.90 Å². The fourth-order valence-electron chi connectivity index (χ4n) is 3.39. The highest BCUT2D eigenvalue weighted by atomic mass is 16.3. The molecule has 134 valence electrons. The van der Waals surface area contributed by atoms with E-state index in [-0.39, 0.29) is 12.4 Å². The van der Waals surface area contributed by atoms with Gasteiger partial charge in [-0.2, -0.15) is 0 Å². The van der Waals surface area contributed by atoms with Crippen molar-refractivity contribution >= 4 is 5.78 Å². The third kappa shape index (κ3) is 5.69. The predicted octanol–water partition coefficient (Wildman–Crippen LogP) is 2.80. The number of rotatable bonds is 8. The molecule has 1 atom stereocenters. The molecule has 1 aliphatic heterocycles. The fraction of sp³-hybridized carbons (Fsp3) is 0.650. The number of benzene rings is 1. The second-order valence-corrected chi connectivity index (χ2v) is 7.38. The van der Waals surface area contributed by atoms with Gasteiger partial charge in [-0.1, -0.05) is 32.0 Å². The first-order valence-corrected chi connectivity index (χ1v) is 9.16. The van der Waals surface area contributed by atoms with Gasteiger partial charge < -0.3 is 5.11 Å². The van der Waals surface area contributed by atoms with E-state index in [1.54, 1.807) is 6.92 Å². The fourth-order valence-corrected chi connectivity index (χ4v) is 3.39. The van der Waals surface area contributed by atoms with E-state index in [2.05, 4.69) is 29.7 Å². The van der Waals surface area contributed by atoms with Crippen molar-refractivity contribution in [2.24, 2.45) is 5.92 Å². The Morgan fingerprint density at radius 2 is 2.12 bits per heavy atom. The Balaban J connectivity index is 1.95. The molecule has 1 aromatic rings. The quantitative estimate of drug-likeness (QED) is 0.744. The van der Waals surface area contributed by atoms with Gasteiger partial charge in [-0.15, -0.1) is 0 Å². The number of aliphatic hydroxyl groups excluding tert-OH is 1. The summed E-state index contributed by atoms with van der Waals surface area (Å²) in [6, 6.07) is 8.38. The van der Waals surface area contributed by atoms with Crippen LogP contribution in [0.5, 0.6) is 0 Å². The summed E-state index contributed by atoms with van der Waals surface area (Å²) >= 11 is 0. The first-order valence-electron chi connectivity index (χ1n) is 9.16. The van der Waals surface area contributed by atoms with Crippen LogP contribution in [0.25, 0.3) is 0 Å². The van der Waals surface area contributed by atoms with Gasteiger partial charge in [0.25, 0.3) is 0 Å². The van der Waals surface area contributed by atoms with Crippen molar-refractivity contribution in [2.45, 2.75) is 46.2 Å². The smallest absolute Gasteiger partial charge is 0.159 e. The van der Waals surface area contributed by atoms with Gasteiger partial charge in [-0.05, 0) is 43.9 Å². The van der Waals surface area contributed by atoms with Crippen molar-refractivity contribution in [1.82, 2.24) is 9.80 Å². The van der Waals surface area contributed by atoms with E-state index < -0.39 is 0 Å². The summed E-state index contributed by atoms with van der Waals surface area (Å²) < 4.78 is 0. The molecular formula is C20H32N2O2. The molecule has 0 unspecified atom stereocenters. The van der Waals surface area contributed by atoms with Gasteiger partial charge in [-0.3, -0.25) is 14.6 Å². The number of hydrogen-bond donors (Lipinski definition) is 1. The Morgan fingerprint density at radius 3 is 2.79 bits per heavy atom. The van der Waals surface area contributed by atoms with E-state index in [1.807, 2.05) is 18.2 Å². The Hall–Kier alpha value is -1.23. The molecule has 1 aliphatic rings. The summed E-state index contributed by atoms with van der Waals surface area (Å²) in [4.78, 5) is 16.5. The van der Waals surface area contributed by atoms with Gasteiger partial charge in [0, 0.05) is 44.4 Å². The predicted molar refractivity (Wildman–Crippen MR) is 98.2 cm³/mol. The molecule has 24 heavy (non-hydrogen) atoms. The highest BCUT2D eigenvalue weighted by molar-refractivity contribution is 5.94. The van der Waals surface area contributed by atoms with Crippen molar-refractivity contribution in [3.63, 3.8) is 0 Å². The lowest BCUT2D eigenvalue weighted by atomic mass is 10.0. The first kappa shape index (κ1) is 19.1. The van der Waals surface area contributed by atoms with E-state index in [4.69, 9.17) is 0 Å². The normalized spacial score (nSPS) is 19.8. The molecule has 1 aromatic carbocycles. The molecule has 0 amide bonds. The Morgan fingerprint density at radius 1 is 1.33 bits per heavy atom. The number of piperazine rings is 1. The summed E-state index contributed by atoms with van der Waals surface area (Å²) in [5, 5.41) is 9.40. The summed E-state index contributed by atoms with van der Waals surface area (Å²) in [5.41, 5.74) is 1.98. The van der Waals surface area contributed by atoms with E-state index in [0.29, 0.717) is 12.0 Å². The van der Waals surface area contributed by atoms with Crippen LogP contribution in [0.3, 0.4) is 0 Å². The number of Topliss-reactive ketones (excluding diaryl/α,β-unsaturated/α-hetero) is 1. The molecule has 1 saturated heterocycles. The number of carbonyl (C=O) groups excluding carboxylic acids is 1. The van der Waals surface area contributed by atoms with Crippen LogP contribution in [0.15, 0.2) is 24.3 Å².